The Balaban J connectivity index is 1.83. The summed E-state index contributed by atoms with van der Waals surface area (Å²) in [5.41, 5.74) is 11.7. The van der Waals surface area contributed by atoms with Crippen molar-refractivity contribution in [1.82, 2.24) is 19.8 Å². The van der Waals surface area contributed by atoms with Crippen molar-refractivity contribution in [3.63, 3.8) is 0 Å². The van der Waals surface area contributed by atoms with Crippen molar-refractivity contribution >= 4 is 0 Å². The molecule has 4 rings (SSSR count). The predicted molar refractivity (Wildman–Crippen MR) is 117 cm³/mol. The quantitative estimate of drug-likeness (QED) is 0.494. The first-order valence-electron chi connectivity index (χ1n) is 10.2. The van der Waals surface area contributed by atoms with Gasteiger partial charge in [-0.25, -0.2) is 0 Å². The molecule has 6 heteroatoms. The number of benzene rings is 2. The summed E-state index contributed by atoms with van der Waals surface area (Å²) in [6, 6.07) is 8.80. The summed E-state index contributed by atoms with van der Waals surface area (Å²) in [5, 5.41) is 9.52. The second-order valence-electron chi connectivity index (χ2n) is 8.44. The van der Waals surface area contributed by atoms with Crippen molar-refractivity contribution in [1.29, 1.82) is 0 Å². The summed E-state index contributed by atoms with van der Waals surface area (Å²) < 4.78 is 7.77. The van der Waals surface area contributed by atoms with Gasteiger partial charge in [-0.2, -0.15) is 0 Å². The molecule has 2 aromatic carbocycles. The molecular weight excluding hydrogens is 372 g/mol. The molecule has 0 amide bonds. The summed E-state index contributed by atoms with van der Waals surface area (Å²) >= 11 is 0. The third-order valence-electron chi connectivity index (χ3n) is 5.64. The van der Waals surface area contributed by atoms with Crippen molar-refractivity contribution in [3.05, 3.63) is 70.0 Å². The Hall–Kier alpha value is -3.28. The second kappa shape index (κ2) is 7.20. The van der Waals surface area contributed by atoms with Crippen LogP contribution in [0.15, 0.2) is 36.7 Å². The van der Waals surface area contributed by atoms with Gasteiger partial charge >= 0.3 is 0 Å². The van der Waals surface area contributed by atoms with E-state index in [1.165, 1.54) is 33.4 Å². The zero-order valence-corrected chi connectivity index (χ0v) is 19.1. The smallest absolute Gasteiger partial charge is 0.128 e. The van der Waals surface area contributed by atoms with Crippen molar-refractivity contribution in [2.75, 3.05) is 0 Å². The zero-order chi connectivity index (χ0) is 21.7. The van der Waals surface area contributed by atoms with E-state index in [9.17, 15) is 0 Å². The van der Waals surface area contributed by atoms with Crippen molar-refractivity contribution in [3.8, 4) is 22.8 Å². The molecule has 6 nitrogen and oxygen atoms in total. The number of rotatable bonds is 3. The van der Waals surface area contributed by atoms with E-state index in [1.807, 2.05) is 32.8 Å². The Morgan fingerprint density at radius 1 is 0.567 bits per heavy atom. The highest BCUT2D eigenvalue weighted by Gasteiger charge is 2.28. The van der Waals surface area contributed by atoms with Gasteiger partial charge in [0, 0.05) is 0 Å². The van der Waals surface area contributed by atoms with Crippen molar-refractivity contribution in [2.45, 2.75) is 41.5 Å². The van der Waals surface area contributed by atoms with Crippen LogP contribution >= 0.6 is 0 Å². The summed E-state index contributed by atoms with van der Waals surface area (Å²) in [4.78, 5) is 0. The highest BCUT2D eigenvalue weighted by atomic mass is 15.5. The molecule has 0 aliphatic rings. The number of aryl methyl sites for hydroxylation is 8. The normalized spacial score (nSPS) is 11.3. The van der Waals surface area contributed by atoms with Gasteiger partial charge in [-0.05, 0) is 63.8 Å². The van der Waals surface area contributed by atoms with Gasteiger partial charge in [-0.1, -0.05) is 35.4 Å². The summed E-state index contributed by atoms with van der Waals surface area (Å²) in [6.07, 6.45) is 4.17. The minimum Gasteiger partial charge on any atom is -0.128 e. The van der Waals surface area contributed by atoms with Gasteiger partial charge in [0.25, 0.3) is 0 Å². The lowest BCUT2D eigenvalue weighted by Crippen LogP contribution is -2.35. The van der Waals surface area contributed by atoms with Gasteiger partial charge in [0.15, 0.2) is 23.8 Å². The van der Waals surface area contributed by atoms with Gasteiger partial charge in [-0.3, -0.25) is 0 Å². The zero-order valence-electron chi connectivity index (χ0n) is 19.1. The minimum absolute atomic E-state index is 1.01. The van der Waals surface area contributed by atoms with E-state index in [1.54, 1.807) is 0 Å². The summed E-state index contributed by atoms with van der Waals surface area (Å²) in [6.45, 7) is 12.8. The van der Waals surface area contributed by atoms with Gasteiger partial charge < -0.3 is 0 Å². The lowest BCUT2D eigenvalue weighted by molar-refractivity contribution is -0.662. The van der Waals surface area contributed by atoms with Crippen LogP contribution in [0.5, 0.6) is 0 Å². The van der Waals surface area contributed by atoms with Crippen LogP contribution in [0.1, 0.15) is 33.4 Å². The van der Waals surface area contributed by atoms with Crippen molar-refractivity contribution in [2.24, 2.45) is 14.1 Å². The largest absolute Gasteiger partial charge is 0.243 e. The molecule has 2 heterocycles. The first-order chi connectivity index (χ1) is 14.2. The van der Waals surface area contributed by atoms with E-state index in [4.69, 9.17) is 10.4 Å². The first-order valence-corrected chi connectivity index (χ1v) is 10.2. The SMILES string of the molecule is Cc1cc(C)c(-[n+]2cc(-c3c[n+](-c4c(C)cc(C)cc4C)nn3C)n(C)n2)c(C)c1. The van der Waals surface area contributed by atoms with Crippen LogP contribution in [0.25, 0.3) is 22.8 Å². The monoisotopic (exact) mass is 402 g/mol. The molecule has 0 bridgehead atoms. The van der Waals surface area contributed by atoms with E-state index in [0.29, 0.717) is 0 Å². The molecule has 0 aliphatic carbocycles. The lowest BCUT2D eigenvalue weighted by atomic mass is 10.1. The average Bonchev–Trinajstić information content (AvgIpc) is 3.15. The Bertz CT molecular complexity index is 1130. The fraction of sp³-hybridized carbons (Fsp3) is 0.333. The fourth-order valence-corrected chi connectivity index (χ4v) is 4.59. The fourth-order valence-electron chi connectivity index (χ4n) is 4.59. The van der Waals surface area contributed by atoms with E-state index in [-0.39, 0.29) is 0 Å². The molecule has 2 aromatic heterocycles. The standard InChI is InChI=1S/C24H30N6/c1-15-9-17(3)23(18(4)10-15)29-13-21(27(7)25-29)22-14-30(26-28(22)8)24-19(5)11-16(2)12-20(24)6/h9-14H,1-8H3/q+2. The van der Waals surface area contributed by atoms with Crippen LogP contribution in [0.2, 0.25) is 0 Å². The van der Waals surface area contributed by atoms with Crippen molar-refractivity contribution < 1.29 is 9.36 Å². The van der Waals surface area contributed by atoms with Crippen LogP contribution in [-0.4, -0.2) is 19.8 Å². The summed E-state index contributed by atoms with van der Waals surface area (Å²) in [5.74, 6) is 0. The maximum absolute atomic E-state index is 4.76. The second-order valence-corrected chi connectivity index (χ2v) is 8.44. The molecular formula is C24H30N6+2. The van der Waals surface area contributed by atoms with Crippen LogP contribution in [0.3, 0.4) is 0 Å². The van der Waals surface area contributed by atoms with E-state index in [2.05, 4.69) is 78.2 Å². The Kier molecular flexibility index (Phi) is 4.80. The van der Waals surface area contributed by atoms with Gasteiger partial charge in [0.05, 0.1) is 10.4 Å². The molecule has 0 aliphatic heterocycles. The molecule has 0 saturated carbocycles. The molecule has 0 unspecified atom stereocenters. The molecule has 4 aromatic rings. The molecule has 0 saturated heterocycles. The van der Waals surface area contributed by atoms with Crippen LogP contribution in [0, 0.1) is 41.5 Å². The van der Waals surface area contributed by atoms with Gasteiger partial charge in [0.1, 0.15) is 14.1 Å². The van der Waals surface area contributed by atoms with E-state index < -0.39 is 0 Å². The molecule has 0 fully saturated rings. The molecule has 154 valence electrons. The van der Waals surface area contributed by atoms with E-state index in [0.717, 1.165) is 22.8 Å². The van der Waals surface area contributed by atoms with Crippen LogP contribution in [-0.2, 0) is 14.1 Å². The molecule has 0 radical (unpaired) electrons. The Morgan fingerprint density at radius 2 is 0.867 bits per heavy atom. The topological polar surface area (TPSA) is 43.4 Å². The minimum atomic E-state index is 1.01. The Labute approximate surface area is 178 Å². The van der Waals surface area contributed by atoms with E-state index >= 15 is 0 Å². The number of nitrogens with zero attached hydrogens (tertiary/aromatic N) is 6. The molecule has 0 N–H and O–H groups in total. The Morgan fingerprint density at radius 3 is 1.17 bits per heavy atom. The lowest BCUT2D eigenvalue weighted by Gasteiger charge is -2.05. The highest BCUT2D eigenvalue weighted by molar-refractivity contribution is 5.51. The number of hydrogen-bond acceptors (Lipinski definition) is 2. The molecule has 30 heavy (non-hydrogen) atoms. The maximum atomic E-state index is 4.76. The highest BCUT2D eigenvalue weighted by Crippen LogP contribution is 2.20. The summed E-state index contributed by atoms with van der Waals surface area (Å²) in [7, 11) is 3.95. The first kappa shape index (κ1) is 20.0. The predicted octanol–water partition coefficient (Wildman–Crippen LogP) is 3.22. The molecule has 0 atom stereocenters. The third-order valence-corrected chi connectivity index (χ3v) is 5.64. The number of aromatic nitrogens is 6. The average molecular weight is 403 g/mol. The van der Waals surface area contributed by atoms with Gasteiger partial charge in [0.2, 0.25) is 11.4 Å². The van der Waals surface area contributed by atoms with Crippen LogP contribution < -0.4 is 9.36 Å². The van der Waals surface area contributed by atoms with Crippen LogP contribution in [0.4, 0.5) is 0 Å². The molecule has 0 spiro atoms. The number of hydrogen-bond donors (Lipinski definition) is 0. The van der Waals surface area contributed by atoms with Gasteiger partial charge in [-0.15, -0.1) is 18.7 Å². The maximum Gasteiger partial charge on any atom is 0.243 e. The third kappa shape index (κ3) is 3.32.